The first kappa shape index (κ1) is 12.0. The van der Waals surface area contributed by atoms with E-state index in [-0.39, 0.29) is 5.57 Å². The fraction of sp³-hybridized carbons (Fsp3) is 0.167. The first-order valence-electron chi connectivity index (χ1n) is 4.75. The zero-order valence-electron chi connectivity index (χ0n) is 8.75. The summed E-state index contributed by atoms with van der Waals surface area (Å²) in [6.07, 6.45) is 0.736. The number of hydrogen-bond acceptors (Lipinski definition) is 2. The van der Waals surface area contributed by atoms with E-state index in [0.29, 0.717) is 0 Å². The Bertz CT molecular complexity index is 420. The van der Waals surface area contributed by atoms with Crippen molar-refractivity contribution in [3.8, 4) is 0 Å². The van der Waals surface area contributed by atoms with Gasteiger partial charge in [0.25, 0.3) is 0 Å². The van der Waals surface area contributed by atoms with Gasteiger partial charge in [-0.15, -0.1) is 0 Å². The molecule has 0 aliphatic carbocycles. The van der Waals surface area contributed by atoms with Crippen LogP contribution in [0, 0.1) is 0 Å². The summed E-state index contributed by atoms with van der Waals surface area (Å²) in [5, 5.41) is 17.5. The summed E-state index contributed by atoms with van der Waals surface area (Å²) in [5.74, 6) is -2.91. The smallest absolute Gasteiger partial charge is 0.332 e. The lowest BCUT2D eigenvalue weighted by Gasteiger charge is -2.11. The van der Waals surface area contributed by atoms with Gasteiger partial charge in [-0.05, 0) is 5.56 Å². The average Bonchev–Trinajstić information content (AvgIpc) is 2.25. The summed E-state index contributed by atoms with van der Waals surface area (Å²) in [6, 6.07) is 8.92. The lowest BCUT2D eigenvalue weighted by molar-refractivity contribution is -0.135. The van der Waals surface area contributed by atoms with Gasteiger partial charge in [0.2, 0.25) is 0 Å². The molecule has 0 saturated heterocycles. The van der Waals surface area contributed by atoms with E-state index in [1.165, 1.54) is 0 Å². The third-order valence-electron chi connectivity index (χ3n) is 2.29. The van der Waals surface area contributed by atoms with Crippen molar-refractivity contribution in [2.75, 3.05) is 0 Å². The maximum atomic E-state index is 10.9. The minimum Gasteiger partial charge on any atom is -0.478 e. The Kier molecular flexibility index (Phi) is 3.83. The zero-order chi connectivity index (χ0) is 12.1. The molecule has 16 heavy (non-hydrogen) atoms. The minimum atomic E-state index is -1.25. The second kappa shape index (κ2) is 5.11. The van der Waals surface area contributed by atoms with E-state index in [9.17, 15) is 9.59 Å². The SMILES string of the molecule is CC(/C(=C\C(=O)O)C(=O)O)c1ccccc1. The summed E-state index contributed by atoms with van der Waals surface area (Å²) in [5.41, 5.74) is 0.649. The van der Waals surface area contributed by atoms with Crippen LogP contribution in [0.2, 0.25) is 0 Å². The van der Waals surface area contributed by atoms with Crippen LogP contribution in [0.4, 0.5) is 0 Å². The van der Waals surface area contributed by atoms with Gasteiger partial charge in [-0.3, -0.25) is 0 Å². The molecule has 0 aliphatic heterocycles. The van der Waals surface area contributed by atoms with E-state index in [0.717, 1.165) is 11.6 Å². The third kappa shape index (κ3) is 2.95. The van der Waals surface area contributed by atoms with Gasteiger partial charge in [0.1, 0.15) is 0 Å². The molecule has 2 N–H and O–H groups in total. The number of carbonyl (C=O) groups is 2. The molecular weight excluding hydrogens is 208 g/mol. The largest absolute Gasteiger partial charge is 0.478 e. The van der Waals surface area contributed by atoms with E-state index in [2.05, 4.69) is 0 Å². The van der Waals surface area contributed by atoms with Crippen LogP contribution < -0.4 is 0 Å². The monoisotopic (exact) mass is 220 g/mol. The molecule has 0 heterocycles. The molecule has 4 heteroatoms. The van der Waals surface area contributed by atoms with E-state index >= 15 is 0 Å². The molecule has 1 rings (SSSR count). The van der Waals surface area contributed by atoms with Crippen LogP contribution in [-0.4, -0.2) is 22.2 Å². The number of rotatable bonds is 4. The molecule has 84 valence electrons. The van der Waals surface area contributed by atoms with Crippen LogP contribution >= 0.6 is 0 Å². The Hall–Kier alpha value is -2.10. The van der Waals surface area contributed by atoms with Crippen LogP contribution in [0.3, 0.4) is 0 Å². The highest BCUT2D eigenvalue weighted by atomic mass is 16.4. The van der Waals surface area contributed by atoms with Crippen LogP contribution in [0.15, 0.2) is 42.0 Å². The number of benzene rings is 1. The molecule has 0 bridgehead atoms. The fourth-order valence-corrected chi connectivity index (χ4v) is 1.43. The van der Waals surface area contributed by atoms with Gasteiger partial charge in [-0.2, -0.15) is 0 Å². The molecule has 1 atom stereocenters. The van der Waals surface area contributed by atoms with Gasteiger partial charge < -0.3 is 10.2 Å². The lowest BCUT2D eigenvalue weighted by atomic mass is 9.92. The fourth-order valence-electron chi connectivity index (χ4n) is 1.43. The van der Waals surface area contributed by atoms with Gasteiger partial charge in [0.15, 0.2) is 0 Å². The van der Waals surface area contributed by atoms with E-state index in [4.69, 9.17) is 10.2 Å². The molecule has 4 nitrogen and oxygen atoms in total. The van der Waals surface area contributed by atoms with Crippen molar-refractivity contribution < 1.29 is 19.8 Å². The van der Waals surface area contributed by atoms with Gasteiger partial charge in [-0.1, -0.05) is 37.3 Å². The predicted molar refractivity (Wildman–Crippen MR) is 58.2 cm³/mol. The van der Waals surface area contributed by atoms with Crippen LogP contribution in [0.25, 0.3) is 0 Å². The summed E-state index contributed by atoms with van der Waals surface area (Å²) in [6.45, 7) is 1.66. The maximum absolute atomic E-state index is 10.9. The van der Waals surface area contributed by atoms with Crippen molar-refractivity contribution in [1.29, 1.82) is 0 Å². The normalized spacial score (nSPS) is 13.2. The van der Waals surface area contributed by atoms with Crippen molar-refractivity contribution in [3.63, 3.8) is 0 Å². The van der Waals surface area contributed by atoms with E-state index < -0.39 is 17.9 Å². The molecule has 1 unspecified atom stereocenters. The van der Waals surface area contributed by atoms with E-state index in [1.54, 1.807) is 31.2 Å². The van der Waals surface area contributed by atoms with Crippen molar-refractivity contribution >= 4 is 11.9 Å². The molecule has 0 amide bonds. The number of carboxylic acids is 2. The highest BCUT2D eigenvalue weighted by molar-refractivity contribution is 5.95. The zero-order valence-corrected chi connectivity index (χ0v) is 8.75. The van der Waals surface area contributed by atoms with Gasteiger partial charge >= 0.3 is 11.9 Å². The predicted octanol–water partition coefficient (Wildman–Crippen LogP) is 1.89. The Labute approximate surface area is 92.8 Å². The average molecular weight is 220 g/mol. The summed E-state index contributed by atoms with van der Waals surface area (Å²) in [7, 11) is 0. The van der Waals surface area contributed by atoms with Crippen LogP contribution in [0.5, 0.6) is 0 Å². The van der Waals surface area contributed by atoms with Crippen LogP contribution in [-0.2, 0) is 9.59 Å². The Morgan fingerprint density at radius 1 is 1.19 bits per heavy atom. The summed E-state index contributed by atoms with van der Waals surface area (Å²) >= 11 is 0. The van der Waals surface area contributed by atoms with Crippen molar-refractivity contribution in [1.82, 2.24) is 0 Å². The maximum Gasteiger partial charge on any atom is 0.332 e. The summed E-state index contributed by atoms with van der Waals surface area (Å²) in [4.78, 5) is 21.4. The standard InChI is InChI=1S/C12H12O4/c1-8(9-5-3-2-4-6-9)10(12(15)16)7-11(13)14/h2-8H,1H3,(H,13,14)(H,15,16)/b10-7+. The number of hydrogen-bond donors (Lipinski definition) is 2. The van der Waals surface area contributed by atoms with Crippen molar-refractivity contribution in [2.45, 2.75) is 12.8 Å². The highest BCUT2D eigenvalue weighted by Gasteiger charge is 2.18. The molecule has 0 aromatic heterocycles. The second-order valence-electron chi connectivity index (χ2n) is 3.38. The Morgan fingerprint density at radius 2 is 1.75 bits per heavy atom. The van der Waals surface area contributed by atoms with Gasteiger partial charge in [0, 0.05) is 12.0 Å². The highest BCUT2D eigenvalue weighted by Crippen LogP contribution is 2.23. The first-order valence-corrected chi connectivity index (χ1v) is 4.75. The molecule has 0 fully saturated rings. The second-order valence-corrected chi connectivity index (χ2v) is 3.38. The Morgan fingerprint density at radius 3 is 2.19 bits per heavy atom. The van der Waals surface area contributed by atoms with Gasteiger partial charge in [0.05, 0.1) is 5.57 Å². The van der Waals surface area contributed by atoms with E-state index in [1.807, 2.05) is 6.07 Å². The molecule has 0 saturated carbocycles. The minimum absolute atomic E-state index is 0.126. The molecule has 1 aromatic rings. The van der Waals surface area contributed by atoms with Crippen LogP contribution in [0.1, 0.15) is 18.4 Å². The molecule has 0 radical (unpaired) electrons. The number of aliphatic carboxylic acids is 2. The quantitative estimate of drug-likeness (QED) is 0.760. The molecular formula is C12H12O4. The third-order valence-corrected chi connectivity index (χ3v) is 2.29. The summed E-state index contributed by atoms with van der Waals surface area (Å²) < 4.78 is 0. The lowest BCUT2D eigenvalue weighted by Crippen LogP contribution is -2.10. The molecule has 0 spiro atoms. The molecule has 1 aromatic carbocycles. The van der Waals surface area contributed by atoms with Crippen molar-refractivity contribution in [2.24, 2.45) is 0 Å². The molecule has 0 aliphatic rings. The first-order chi connectivity index (χ1) is 7.52. The van der Waals surface area contributed by atoms with Gasteiger partial charge in [-0.25, -0.2) is 9.59 Å². The topological polar surface area (TPSA) is 74.6 Å². The Balaban J connectivity index is 3.06. The number of carboxylic acid groups (broad SMARTS) is 2. The van der Waals surface area contributed by atoms with Crippen molar-refractivity contribution in [3.05, 3.63) is 47.5 Å².